The van der Waals surface area contributed by atoms with Crippen LogP contribution in [0.1, 0.15) is 34.1 Å². The van der Waals surface area contributed by atoms with Gasteiger partial charge in [-0.3, -0.25) is 4.79 Å². The molecule has 0 heterocycles. The van der Waals surface area contributed by atoms with Crippen molar-refractivity contribution >= 4 is 5.97 Å². The Kier molecular flexibility index (Phi) is 3.49. The second-order valence-electron chi connectivity index (χ2n) is 2.97. The number of ether oxygens (including phenoxy) is 1. The molecule has 0 aliphatic carbocycles. The van der Waals surface area contributed by atoms with Crippen molar-refractivity contribution in [3.63, 3.8) is 0 Å². The first-order chi connectivity index (χ1) is 4.90. The molecular formula is C8H15FO2. The third-order valence-corrected chi connectivity index (χ3v) is 1.63. The van der Waals surface area contributed by atoms with Crippen molar-refractivity contribution in [3.8, 4) is 0 Å². The number of carbonyl (C=O) groups excluding carboxylic acids is 1. The highest BCUT2D eigenvalue weighted by molar-refractivity contribution is 5.69. The van der Waals surface area contributed by atoms with E-state index in [-0.39, 0.29) is 12.3 Å². The lowest BCUT2D eigenvalue weighted by atomic mass is 10.1. The van der Waals surface area contributed by atoms with Crippen LogP contribution in [0.3, 0.4) is 0 Å². The minimum atomic E-state index is -1.83. The highest BCUT2D eigenvalue weighted by Gasteiger charge is 2.31. The predicted molar refractivity (Wildman–Crippen MR) is 40.7 cm³/mol. The standard InChI is InChI=1S/C8H15FO2/c1-5-7(10)11-8(4,9)6(2)3/h6H,5H2,1-4H3. The minimum absolute atomic E-state index is 0.215. The normalized spacial score (nSPS) is 16.2. The van der Waals surface area contributed by atoms with Gasteiger partial charge in [0.15, 0.2) is 0 Å². The van der Waals surface area contributed by atoms with Crippen LogP contribution in [0.4, 0.5) is 4.39 Å². The van der Waals surface area contributed by atoms with Gasteiger partial charge in [0, 0.05) is 19.3 Å². The highest BCUT2D eigenvalue weighted by atomic mass is 19.2. The van der Waals surface area contributed by atoms with Gasteiger partial charge in [-0.15, -0.1) is 0 Å². The van der Waals surface area contributed by atoms with Gasteiger partial charge in [-0.25, -0.2) is 0 Å². The molecule has 0 aromatic heterocycles. The Balaban J connectivity index is 4.01. The number of hydrogen-bond acceptors (Lipinski definition) is 2. The lowest BCUT2D eigenvalue weighted by molar-refractivity contribution is -0.188. The number of hydrogen-bond donors (Lipinski definition) is 0. The van der Waals surface area contributed by atoms with Crippen LogP contribution >= 0.6 is 0 Å². The molecular weight excluding hydrogens is 147 g/mol. The molecule has 1 atom stereocenters. The van der Waals surface area contributed by atoms with Crippen LogP contribution in [-0.4, -0.2) is 11.8 Å². The molecule has 0 aliphatic heterocycles. The van der Waals surface area contributed by atoms with E-state index in [4.69, 9.17) is 0 Å². The Bertz CT molecular complexity index is 141. The van der Waals surface area contributed by atoms with E-state index in [0.29, 0.717) is 0 Å². The summed E-state index contributed by atoms with van der Waals surface area (Å²) in [7, 11) is 0. The quantitative estimate of drug-likeness (QED) is 0.595. The van der Waals surface area contributed by atoms with E-state index in [2.05, 4.69) is 4.74 Å². The molecule has 11 heavy (non-hydrogen) atoms. The molecule has 0 bridgehead atoms. The fraction of sp³-hybridized carbons (Fsp3) is 0.875. The molecule has 3 heteroatoms. The fourth-order valence-corrected chi connectivity index (χ4v) is 0.413. The van der Waals surface area contributed by atoms with Gasteiger partial charge in [-0.05, 0) is 0 Å². The summed E-state index contributed by atoms with van der Waals surface area (Å²) in [5.41, 5.74) is 0. The fourth-order valence-electron chi connectivity index (χ4n) is 0.413. The molecule has 0 saturated carbocycles. The molecule has 2 nitrogen and oxygen atoms in total. The summed E-state index contributed by atoms with van der Waals surface area (Å²) >= 11 is 0. The van der Waals surface area contributed by atoms with E-state index in [1.807, 2.05) is 0 Å². The van der Waals surface area contributed by atoms with Gasteiger partial charge in [-0.1, -0.05) is 20.8 Å². The van der Waals surface area contributed by atoms with Crippen molar-refractivity contribution < 1.29 is 13.9 Å². The van der Waals surface area contributed by atoms with Gasteiger partial charge >= 0.3 is 5.97 Å². The molecule has 0 radical (unpaired) electrons. The topological polar surface area (TPSA) is 26.3 Å². The van der Waals surface area contributed by atoms with E-state index < -0.39 is 11.8 Å². The number of alkyl halides is 1. The second-order valence-corrected chi connectivity index (χ2v) is 2.97. The minimum Gasteiger partial charge on any atom is -0.429 e. The third kappa shape index (κ3) is 3.35. The molecule has 0 aliphatic rings. The Morgan fingerprint density at radius 2 is 2.09 bits per heavy atom. The number of carbonyl (C=O) groups is 1. The monoisotopic (exact) mass is 162 g/mol. The smallest absolute Gasteiger partial charge is 0.308 e. The summed E-state index contributed by atoms with van der Waals surface area (Å²) in [6.07, 6.45) is 0.215. The van der Waals surface area contributed by atoms with Crippen LogP contribution in [0.15, 0.2) is 0 Å². The summed E-state index contributed by atoms with van der Waals surface area (Å²) in [6, 6.07) is 0. The zero-order valence-corrected chi connectivity index (χ0v) is 7.48. The summed E-state index contributed by atoms with van der Waals surface area (Å²) in [5.74, 6) is -2.63. The SMILES string of the molecule is CCC(=O)OC(C)(F)C(C)C. The number of esters is 1. The summed E-state index contributed by atoms with van der Waals surface area (Å²) in [5, 5.41) is 0. The average Bonchev–Trinajstić information content (AvgIpc) is 1.86. The average molecular weight is 162 g/mol. The maximum Gasteiger partial charge on any atom is 0.308 e. The first-order valence-electron chi connectivity index (χ1n) is 3.81. The largest absolute Gasteiger partial charge is 0.429 e. The maximum absolute atomic E-state index is 13.2. The van der Waals surface area contributed by atoms with Crippen molar-refractivity contribution in [1.82, 2.24) is 0 Å². The van der Waals surface area contributed by atoms with Crippen LogP contribution in [0.25, 0.3) is 0 Å². The maximum atomic E-state index is 13.2. The van der Waals surface area contributed by atoms with Gasteiger partial charge in [0.25, 0.3) is 5.85 Å². The third-order valence-electron chi connectivity index (χ3n) is 1.63. The highest BCUT2D eigenvalue weighted by Crippen LogP contribution is 2.23. The van der Waals surface area contributed by atoms with Gasteiger partial charge in [0.1, 0.15) is 0 Å². The molecule has 0 rings (SSSR count). The molecule has 0 spiro atoms. The summed E-state index contributed by atoms with van der Waals surface area (Å²) in [4.78, 5) is 10.7. The lowest BCUT2D eigenvalue weighted by Crippen LogP contribution is -2.31. The lowest BCUT2D eigenvalue weighted by Gasteiger charge is -2.24. The van der Waals surface area contributed by atoms with Crippen LogP contribution in [0.2, 0.25) is 0 Å². The van der Waals surface area contributed by atoms with Crippen molar-refractivity contribution in [2.24, 2.45) is 5.92 Å². The molecule has 0 aromatic rings. The van der Waals surface area contributed by atoms with E-state index in [1.54, 1.807) is 20.8 Å². The Morgan fingerprint density at radius 3 is 2.36 bits per heavy atom. The van der Waals surface area contributed by atoms with Crippen molar-refractivity contribution in [1.29, 1.82) is 0 Å². The van der Waals surface area contributed by atoms with Gasteiger partial charge in [0.2, 0.25) is 0 Å². The van der Waals surface area contributed by atoms with Crippen LogP contribution in [0, 0.1) is 5.92 Å². The summed E-state index contributed by atoms with van der Waals surface area (Å²) < 4.78 is 17.8. The Morgan fingerprint density at radius 1 is 1.64 bits per heavy atom. The van der Waals surface area contributed by atoms with Crippen LogP contribution in [0.5, 0.6) is 0 Å². The first-order valence-corrected chi connectivity index (χ1v) is 3.81. The van der Waals surface area contributed by atoms with Crippen molar-refractivity contribution in [3.05, 3.63) is 0 Å². The van der Waals surface area contributed by atoms with E-state index >= 15 is 0 Å². The van der Waals surface area contributed by atoms with E-state index in [9.17, 15) is 9.18 Å². The molecule has 66 valence electrons. The molecule has 0 N–H and O–H groups in total. The van der Waals surface area contributed by atoms with Gasteiger partial charge in [-0.2, -0.15) is 4.39 Å². The molecule has 0 fully saturated rings. The Hall–Kier alpha value is -0.600. The van der Waals surface area contributed by atoms with Crippen molar-refractivity contribution in [2.75, 3.05) is 0 Å². The molecule has 1 unspecified atom stereocenters. The molecule has 0 amide bonds. The number of halogens is 1. The zero-order chi connectivity index (χ0) is 9.07. The van der Waals surface area contributed by atoms with E-state index in [1.165, 1.54) is 6.92 Å². The van der Waals surface area contributed by atoms with Crippen LogP contribution < -0.4 is 0 Å². The summed E-state index contributed by atoms with van der Waals surface area (Å²) in [6.45, 7) is 6.25. The zero-order valence-electron chi connectivity index (χ0n) is 7.48. The van der Waals surface area contributed by atoms with E-state index in [0.717, 1.165) is 0 Å². The van der Waals surface area contributed by atoms with Crippen molar-refractivity contribution in [2.45, 2.75) is 40.0 Å². The second kappa shape index (κ2) is 3.69. The molecule has 0 aromatic carbocycles. The molecule has 0 saturated heterocycles. The number of rotatable bonds is 3. The van der Waals surface area contributed by atoms with Gasteiger partial charge < -0.3 is 4.74 Å². The first kappa shape index (κ1) is 10.4. The van der Waals surface area contributed by atoms with Crippen LogP contribution in [-0.2, 0) is 9.53 Å². The van der Waals surface area contributed by atoms with Gasteiger partial charge in [0.05, 0.1) is 0 Å². The Labute approximate surface area is 66.7 Å². The predicted octanol–water partition coefficient (Wildman–Crippen LogP) is 2.28.